The molecule has 1 N–H and O–H groups in total. The van der Waals surface area contributed by atoms with Gasteiger partial charge >= 0.3 is 0 Å². The van der Waals surface area contributed by atoms with Crippen molar-refractivity contribution in [3.05, 3.63) is 24.0 Å². The van der Waals surface area contributed by atoms with E-state index in [0.29, 0.717) is 16.9 Å². The second kappa shape index (κ2) is 4.54. The van der Waals surface area contributed by atoms with E-state index in [0.717, 1.165) is 19.3 Å². The third kappa shape index (κ3) is 2.24. The molecule has 1 aromatic rings. The molecule has 1 aromatic heterocycles. The van der Waals surface area contributed by atoms with Crippen LogP contribution in [0.1, 0.15) is 45.7 Å². The van der Waals surface area contributed by atoms with Gasteiger partial charge in [-0.05, 0) is 42.7 Å². The van der Waals surface area contributed by atoms with Gasteiger partial charge in [-0.3, -0.25) is 4.98 Å². The largest absolute Gasteiger partial charge is 0.495 e. The van der Waals surface area contributed by atoms with Crippen molar-refractivity contribution in [2.24, 2.45) is 11.3 Å². The standard InChI is InChI=1S/C15H23NO2/c1-11-10-14(2,3)7-8-15(11,17)13-12(18-4)6-5-9-16-13/h5-6,9,11,17H,7-8,10H2,1-4H3. The average Bonchev–Trinajstić information content (AvgIpc) is 2.34. The molecule has 18 heavy (non-hydrogen) atoms. The fourth-order valence-electron chi connectivity index (χ4n) is 3.11. The number of hydrogen-bond acceptors (Lipinski definition) is 3. The number of nitrogens with zero attached hydrogens (tertiary/aromatic N) is 1. The third-order valence-electron chi connectivity index (χ3n) is 4.26. The van der Waals surface area contributed by atoms with Gasteiger partial charge in [0.2, 0.25) is 0 Å². The van der Waals surface area contributed by atoms with Crippen molar-refractivity contribution in [3.63, 3.8) is 0 Å². The molecule has 3 nitrogen and oxygen atoms in total. The van der Waals surface area contributed by atoms with Crippen LogP contribution in [0, 0.1) is 11.3 Å². The van der Waals surface area contributed by atoms with E-state index in [1.165, 1.54) is 0 Å². The lowest BCUT2D eigenvalue weighted by Gasteiger charge is -2.45. The van der Waals surface area contributed by atoms with E-state index in [9.17, 15) is 5.11 Å². The van der Waals surface area contributed by atoms with E-state index < -0.39 is 5.60 Å². The highest BCUT2D eigenvalue weighted by Gasteiger charge is 2.45. The van der Waals surface area contributed by atoms with Crippen LogP contribution in [0.3, 0.4) is 0 Å². The number of aliphatic hydroxyl groups is 1. The molecule has 2 atom stereocenters. The van der Waals surface area contributed by atoms with Crippen molar-refractivity contribution < 1.29 is 9.84 Å². The zero-order valence-electron chi connectivity index (χ0n) is 11.7. The zero-order chi connectivity index (χ0) is 13.4. The van der Waals surface area contributed by atoms with Crippen molar-refractivity contribution >= 4 is 0 Å². The fourth-order valence-corrected chi connectivity index (χ4v) is 3.11. The summed E-state index contributed by atoms with van der Waals surface area (Å²) >= 11 is 0. The SMILES string of the molecule is COc1cccnc1C1(O)CCC(C)(C)CC1C. The van der Waals surface area contributed by atoms with Gasteiger partial charge in [0.25, 0.3) is 0 Å². The molecule has 0 radical (unpaired) electrons. The van der Waals surface area contributed by atoms with Crippen molar-refractivity contribution in [1.29, 1.82) is 0 Å². The summed E-state index contributed by atoms with van der Waals surface area (Å²) in [7, 11) is 1.63. The molecule has 0 aromatic carbocycles. The van der Waals surface area contributed by atoms with E-state index in [1.54, 1.807) is 13.3 Å². The summed E-state index contributed by atoms with van der Waals surface area (Å²) < 4.78 is 5.34. The molecule has 2 unspecified atom stereocenters. The lowest BCUT2D eigenvalue weighted by molar-refractivity contribution is -0.0813. The highest BCUT2D eigenvalue weighted by Crippen LogP contribution is 2.49. The Labute approximate surface area is 109 Å². The lowest BCUT2D eigenvalue weighted by Crippen LogP contribution is -2.42. The van der Waals surface area contributed by atoms with Crippen LogP contribution in [-0.2, 0) is 5.60 Å². The molecule has 100 valence electrons. The van der Waals surface area contributed by atoms with Crippen LogP contribution in [0.2, 0.25) is 0 Å². The summed E-state index contributed by atoms with van der Waals surface area (Å²) in [6.45, 7) is 6.63. The third-order valence-corrected chi connectivity index (χ3v) is 4.26. The molecule has 1 aliphatic carbocycles. The summed E-state index contributed by atoms with van der Waals surface area (Å²) in [5, 5.41) is 11.0. The molecule has 1 heterocycles. The maximum atomic E-state index is 11.0. The van der Waals surface area contributed by atoms with Crippen molar-refractivity contribution in [1.82, 2.24) is 4.98 Å². The lowest BCUT2D eigenvalue weighted by atomic mass is 9.64. The van der Waals surface area contributed by atoms with Crippen molar-refractivity contribution in [3.8, 4) is 5.75 Å². The number of pyridine rings is 1. The topological polar surface area (TPSA) is 42.4 Å². The van der Waals surface area contributed by atoms with E-state index in [1.807, 2.05) is 12.1 Å². The Kier molecular flexibility index (Phi) is 3.37. The normalized spacial score (nSPS) is 31.1. The number of rotatable bonds is 2. The molecule has 0 amide bonds. The van der Waals surface area contributed by atoms with Gasteiger partial charge in [0, 0.05) is 6.20 Å². The number of ether oxygens (including phenoxy) is 1. The van der Waals surface area contributed by atoms with Gasteiger partial charge in [-0.15, -0.1) is 0 Å². The highest BCUT2D eigenvalue weighted by atomic mass is 16.5. The van der Waals surface area contributed by atoms with E-state index in [2.05, 4.69) is 25.8 Å². The number of aromatic nitrogens is 1. The molecule has 1 fully saturated rings. The zero-order valence-corrected chi connectivity index (χ0v) is 11.7. The van der Waals surface area contributed by atoms with Gasteiger partial charge in [-0.25, -0.2) is 0 Å². The molecule has 0 saturated heterocycles. The minimum absolute atomic E-state index is 0.185. The Morgan fingerprint density at radius 3 is 2.72 bits per heavy atom. The van der Waals surface area contributed by atoms with Crippen LogP contribution in [0.4, 0.5) is 0 Å². The number of hydrogen-bond donors (Lipinski definition) is 1. The Bertz CT molecular complexity index is 430. The smallest absolute Gasteiger partial charge is 0.143 e. The van der Waals surface area contributed by atoms with Crippen LogP contribution >= 0.6 is 0 Å². The first kappa shape index (κ1) is 13.3. The molecule has 1 aliphatic rings. The second-order valence-corrected chi connectivity index (χ2v) is 6.25. The van der Waals surface area contributed by atoms with Gasteiger partial charge in [0.1, 0.15) is 17.0 Å². The molecule has 3 heteroatoms. The predicted molar refractivity (Wildman–Crippen MR) is 71.5 cm³/mol. The predicted octanol–water partition coefficient (Wildman–Crippen LogP) is 3.12. The Morgan fingerprint density at radius 1 is 1.39 bits per heavy atom. The van der Waals surface area contributed by atoms with Crippen LogP contribution in [-0.4, -0.2) is 17.2 Å². The van der Waals surface area contributed by atoms with Gasteiger partial charge < -0.3 is 9.84 Å². The van der Waals surface area contributed by atoms with Crippen LogP contribution < -0.4 is 4.74 Å². The molecule has 0 bridgehead atoms. The quantitative estimate of drug-likeness (QED) is 0.875. The van der Waals surface area contributed by atoms with Gasteiger partial charge in [0.05, 0.1) is 7.11 Å². The highest BCUT2D eigenvalue weighted by molar-refractivity contribution is 5.32. The monoisotopic (exact) mass is 249 g/mol. The summed E-state index contributed by atoms with van der Waals surface area (Å²) in [6, 6.07) is 3.70. The fraction of sp³-hybridized carbons (Fsp3) is 0.667. The Morgan fingerprint density at radius 2 is 2.11 bits per heavy atom. The first-order valence-corrected chi connectivity index (χ1v) is 6.61. The molecular formula is C15H23NO2. The van der Waals surface area contributed by atoms with Crippen molar-refractivity contribution in [2.45, 2.75) is 45.6 Å². The van der Waals surface area contributed by atoms with Crippen LogP contribution in [0.15, 0.2) is 18.3 Å². The van der Waals surface area contributed by atoms with Crippen molar-refractivity contribution in [2.75, 3.05) is 7.11 Å². The van der Waals surface area contributed by atoms with Crippen LogP contribution in [0.25, 0.3) is 0 Å². The maximum Gasteiger partial charge on any atom is 0.143 e. The summed E-state index contributed by atoms with van der Waals surface area (Å²) in [4.78, 5) is 4.37. The maximum absolute atomic E-state index is 11.0. The van der Waals surface area contributed by atoms with Gasteiger partial charge in [0.15, 0.2) is 0 Å². The first-order chi connectivity index (χ1) is 8.39. The molecular weight excluding hydrogens is 226 g/mol. The van der Waals surface area contributed by atoms with Gasteiger partial charge in [-0.2, -0.15) is 0 Å². The molecule has 2 rings (SSSR count). The first-order valence-electron chi connectivity index (χ1n) is 6.61. The minimum Gasteiger partial charge on any atom is -0.495 e. The molecule has 1 saturated carbocycles. The van der Waals surface area contributed by atoms with Crippen LogP contribution in [0.5, 0.6) is 5.75 Å². The van der Waals surface area contributed by atoms with E-state index >= 15 is 0 Å². The molecule has 0 spiro atoms. The Hall–Kier alpha value is -1.09. The average molecular weight is 249 g/mol. The summed E-state index contributed by atoms with van der Waals surface area (Å²) in [5.74, 6) is 0.872. The van der Waals surface area contributed by atoms with E-state index in [4.69, 9.17) is 4.74 Å². The van der Waals surface area contributed by atoms with Gasteiger partial charge in [-0.1, -0.05) is 20.8 Å². The minimum atomic E-state index is -0.859. The summed E-state index contributed by atoms with van der Waals surface area (Å²) in [6.07, 6.45) is 4.48. The molecule has 0 aliphatic heterocycles. The Balaban J connectivity index is 2.37. The summed E-state index contributed by atoms with van der Waals surface area (Å²) in [5.41, 5.74) is 0.131. The van der Waals surface area contributed by atoms with E-state index in [-0.39, 0.29) is 5.92 Å². The number of methoxy groups -OCH3 is 1. The second-order valence-electron chi connectivity index (χ2n) is 6.25.